The number of hydrogen-bond acceptors (Lipinski definition) is 5. The summed E-state index contributed by atoms with van der Waals surface area (Å²) in [6, 6.07) is 11.8. The minimum Gasteiger partial charge on any atom is -0.490 e. The predicted molar refractivity (Wildman–Crippen MR) is 118 cm³/mol. The van der Waals surface area contributed by atoms with E-state index in [0.717, 1.165) is 50.0 Å². The molecule has 1 N–H and O–H groups in total. The smallest absolute Gasteiger partial charge is 0.234 e. The van der Waals surface area contributed by atoms with Crippen molar-refractivity contribution in [3.05, 3.63) is 48.2 Å². The summed E-state index contributed by atoms with van der Waals surface area (Å²) in [7, 11) is 0. The number of benzene rings is 1. The number of ether oxygens (including phenoxy) is 2. The quantitative estimate of drug-likeness (QED) is 0.782. The largest absolute Gasteiger partial charge is 0.490 e. The van der Waals surface area contributed by atoms with Crippen molar-refractivity contribution in [2.75, 3.05) is 19.7 Å². The van der Waals surface area contributed by atoms with Crippen LogP contribution in [0.5, 0.6) is 17.4 Å². The van der Waals surface area contributed by atoms with Crippen molar-refractivity contribution in [2.24, 2.45) is 0 Å². The lowest BCUT2D eigenvalue weighted by molar-refractivity contribution is -0.123. The monoisotopic (exact) mass is 411 g/mol. The molecule has 3 rings (SSSR count). The summed E-state index contributed by atoms with van der Waals surface area (Å²) in [4.78, 5) is 19.3. The molecule has 1 aliphatic heterocycles. The van der Waals surface area contributed by atoms with Gasteiger partial charge in [-0.15, -0.1) is 0 Å². The van der Waals surface area contributed by atoms with E-state index in [-0.39, 0.29) is 11.9 Å². The average Bonchev–Trinajstić information content (AvgIpc) is 2.77. The van der Waals surface area contributed by atoms with Gasteiger partial charge >= 0.3 is 0 Å². The summed E-state index contributed by atoms with van der Waals surface area (Å²) >= 11 is 0. The van der Waals surface area contributed by atoms with Gasteiger partial charge in [-0.25, -0.2) is 4.98 Å². The molecule has 0 radical (unpaired) electrons. The normalized spacial score (nSPS) is 15.4. The fraction of sp³-hybridized carbons (Fsp3) is 0.500. The molecule has 0 aliphatic carbocycles. The second kappa shape index (κ2) is 11.6. The fourth-order valence-corrected chi connectivity index (χ4v) is 3.61. The lowest BCUT2D eigenvalue weighted by Gasteiger charge is -2.24. The molecule has 6 nitrogen and oxygen atoms in total. The SMILES string of the molecule is CCC(CC)NC(=O)CN1CCCCCOc2ccccc2Oc2ncccc2C1. The van der Waals surface area contributed by atoms with E-state index < -0.39 is 0 Å². The van der Waals surface area contributed by atoms with E-state index in [1.165, 1.54) is 0 Å². The van der Waals surface area contributed by atoms with Crippen LogP contribution in [0.3, 0.4) is 0 Å². The van der Waals surface area contributed by atoms with Crippen molar-refractivity contribution in [3.8, 4) is 17.4 Å². The number of carbonyl (C=O) groups is 1. The first-order chi connectivity index (χ1) is 14.7. The van der Waals surface area contributed by atoms with Crippen molar-refractivity contribution < 1.29 is 14.3 Å². The Labute approximate surface area is 179 Å². The summed E-state index contributed by atoms with van der Waals surface area (Å²) in [5.74, 6) is 2.02. The van der Waals surface area contributed by atoms with Crippen LogP contribution >= 0.6 is 0 Å². The Morgan fingerprint density at radius 3 is 2.70 bits per heavy atom. The standard InChI is InChI=1S/C24H33N3O3/c1-3-20(4-2)26-23(28)18-27-15-8-5-9-16-29-21-12-6-7-13-22(21)30-24-19(17-27)11-10-14-25-24/h6-7,10-14,20H,3-5,8-9,15-18H2,1-2H3,(H,26,28). The number of carbonyl (C=O) groups excluding carboxylic acids is 1. The van der Waals surface area contributed by atoms with Crippen LogP contribution in [-0.2, 0) is 11.3 Å². The van der Waals surface area contributed by atoms with Crippen molar-refractivity contribution in [1.29, 1.82) is 0 Å². The molecule has 0 saturated heterocycles. The molecule has 1 aliphatic rings. The second-order valence-corrected chi connectivity index (χ2v) is 7.72. The summed E-state index contributed by atoms with van der Waals surface area (Å²) in [5, 5.41) is 3.15. The average molecular weight is 412 g/mol. The van der Waals surface area contributed by atoms with Gasteiger partial charge in [0.1, 0.15) is 0 Å². The van der Waals surface area contributed by atoms with Crippen LogP contribution in [0.25, 0.3) is 0 Å². The van der Waals surface area contributed by atoms with Gasteiger partial charge in [-0.2, -0.15) is 0 Å². The molecule has 30 heavy (non-hydrogen) atoms. The van der Waals surface area contributed by atoms with E-state index in [1.54, 1.807) is 6.20 Å². The minimum absolute atomic E-state index is 0.0769. The molecule has 1 amide bonds. The topological polar surface area (TPSA) is 63.7 Å². The zero-order valence-corrected chi connectivity index (χ0v) is 18.1. The van der Waals surface area contributed by atoms with Gasteiger partial charge in [-0.3, -0.25) is 9.69 Å². The predicted octanol–water partition coefficient (Wildman–Crippen LogP) is 4.54. The van der Waals surface area contributed by atoms with Crippen molar-refractivity contribution in [1.82, 2.24) is 15.2 Å². The highest BCUT2D eigenvalue weighted by Crippen LogP contribution is 2.32. The third-order valence-corrected chi connectivity index (χ3v) is 5.39. The number of amides is 1. The Balaban J connectivity index is 1.79. The lowest BCUT2D eigenvalue weighted by atomic mass is 10.1. The van der Waals surface area contributed by atoms with Gasteiger partial charge in [0.05, 0.1) is 13.2 Å². The first-order valence-electron chi connectivity index (χ1n) is 11.0. The highest BCUT2D eigenvalue weighted by atomic mass is 16.5. The number of nitrogens with zero attached hydrogens (tertiary/aromatic N) is 2. The van der Waals surface area contributed by atoms with Gasteiger partial charge in [0.15, 0.2) is 11.5 Å². The maximum Gasteiger partial charge on any atom is 0.234 e. The molecule has 0 spiro atoms. The molecule has 1 aromatic heterocycles. The number of rotatable bonds is 5. The summed E-state index contributed by atoms with van der Waals surface area (Å²) in [5.41, 5.74) is 0.960. The maximum atomic E-state index is 12.6. The van der Waals surface area contributed by atoms with Crippen LogP contribution in [0.15, 0.2) is 42.6 Å². The summed E-state index contributed by atoms with van der Waals surface area (Å²) in [6.45, 7) is 6.68. The van der Waals surface area contributed by atoms with Crippen LogP contribution in [-0.4, -0.2) is 41.5 Å². The zero-order valence-electron chi connectivity index (χ0n) is 18.1. The Morgan fingerprint density at radius 1 is 1.10 bits per heavy atom. The van der Waals surface area contributed by atoms with E-state index in [1.807, 2.05) is 36.4 Å². The van der Waals surface area contributed by atoms with E-state index in [0.29, 0.717) is 31.3 Å². The summed E-state index contributed by atoms with van der Waals surface area (Å²) in [6.07, 6.45) is 6.65. The first-order valence-corrected chi connectivity index (χ1v) is 11.0. The molecule has 1 aromatic carbocycles. The van der Waals surface area contributed by atoms with Crippen LogP contribution < -0.4 is 14.8 Å². The van der Waals surface area contributed by atoms with E-state index in [9.17, 15) is 4.79 Å². The molecule has 0 saturated carbocycles. The van der Waals surface area contributed by atoms with Crippen LogP contribution in [0.1, 0.15) is 51.5 Å². The Bertz CT molecular complexity index is 808. The first kappa shape index (κ1) is 22.1. The van der Waals surface area contributed by atoms with E-state index in [2.05, 4.69) is 29.0 Å². The van der Waals surface area contributed by atoms with Gasteiger partial charge in [0, 0.05) is 24.3 Å². The molecule has 0 bridgehead atoms. The Hall–Kier alpha value is -2.60. The molecule has 6 heteroatoms. The maximum absolute atomic E-state index is 12.6. The van der Waals surface area contributed by atoms with Crippen LogP contribution in [0, 0.1) is 0 Å². The number of aromatic nitrogens is 1. The minimum atomic E-state index is 0.0769. The molecule has 162 valence electrons. The highest BCUT2D eigenvalue weighted by molar-refractivity contribution is 5.78. The van der Waals surface area contributed by atoms with Gasteiger partial charge in [0.25, 0.3) is 0 Å². The Morgan fingerprint density at radius 2 is 1.90 bits per heavy atom. The number of para-hydroxylation sites is 2. The lowest BCUT2D eigenvalue weighted by Crippen LogP contribution is -2.41. The molecule has 2 aromatic rings. The Kier molecular flexibility index (Phi) is 8.51. The molecular formula is C24H33N3O3. The van der Waals surface area contributed by atoms with Gasteiger partial charge in [-0.1, -0.05) is 32.0 Å². The van der Waals surface area contributed by atoms with Gasteiger partial charge in [-0.05, 0) is 56.8 Å². The van der Waals surface area contributed by atoms with E-state index in [4.69, 9.17) is 9.47 Å². The third kappa shape index (κ3) is 6.46. The molecule has 2 heterocycles. The fourth-order valence-electron chi connectivity index (χ4n) is 3.61. The summed E-state index contributed by atoms with van der Waals surface area (Å²) < 4.78 is 12.1. The molecule has 0 unspecified atom stereocenters. The van der Waals surface area contributed by atoms with Crippen molar-refractivity contribution in [3.63, 3.8) is 0 Å². The van der Waals surface area contributed by atoms with Gasteiger partial charge in [0.2, 0.25) is 11.8 Å². The number of pyridine rings is 1. The van der Waals surface area contributed by atoms with E-state index >= 15 is 0 Å². The highest BCUT2D eigenvalue weighted by Gasteiger charge is 2.18. The second-order valence-electron chi connectivity index (χ2n) is 7.72. The number of fused-ring (bicyclic) bond motifs is 2. The molecular weight excluding hydrogens is 378 g/mol. The number of hydrogen-bond donors (Lipinski definition) is 1. The third-order valence-electron chi connectivity index (χ3n) is 5.39. The van der Waals surface area contributed by atoms with Crippen LogP contribution in [0.4, 0.5) is 0 Å². The molecule has 0 atom stereocenters. The van der Waals surface area contributed by atoms with Gasteiger partial charge < -0.3 is 14.8 Å². The number of nitrogens with one attached hydrogen (secondary N) is 1. The van der Waals surface area contributed by atoms with Crippen LogP contribution in [0.2, 0.25) is 0 Å². The zero-order chi connectivity index (χ0) is 21.2. The van der Waals surface area contributed by atoms with Crippen molar-refractivity contribution >= 4 is 5.91 Å². The molecule has 0 fully saturated rings. The van der Waals surface area contributed by atoms with Crippen molar-refractivity contribution in [2.45, 2.75) is 58.5 Å².